The van der Waals surface area contributed by atoms with Crippen LogP contribution in [0.4, 0.5) is 0 Å². The Labute approximate surface area is 278 Å². The van der Waals surface area contributed by atoms with Crippen LogP contribution in [0, 0.1) is 0 Å². The standard InChI is InChI=1S/C38H36O10/c1-22-35-16-29(47-37(39)25-4-8-27(9-5-25)45-23(2)41-18-31-20-43-31)12-14-33(35)34-15-13-30(17-36(22)34)48-38(40)26-6-10-28(11-7-26)46-24(3)42-19-32-21-44-32/h4-17,22-24,31-32H,18-21H2,1-3H3. The average molecular weight is 653 g/mol. The minimum absolute atomic E-state index is 0.00783. The summed E-state index contributed by atoms with van der Waals surface area (Å²) >= 11 is 0. The molecule has 2 fully saturated rings. The van der Waals surface area contributed by atoms with Gasteiger partial charge in [-0.25, -0.2) is 9.59 Å². The van der Waals surface area contributed by atoms with Gasteiger partial charge in [0.2, 0.25) is 0 Å². The van der Waals surface area contributed by atoms with Crippen LogP contribution in [-0.2, 0) is 18.9 Å². The van der Waals surface area contributed by atoms with Gasteiger partial charge in [-0.1, -0.05) is 19.1 Å². The lowest BCUT2D eigenvalue weighted by Gasteiger charge is -2.15. The Bertz CT molecular complexity index is 1650. The number of rotatable bonds is 14. The van der Waals surface area contributed by atoms with E-state index in [1.54, 1.807) is 60.7 Å². The number of esters is 2. The van der Waals surface area contributed by atoms with Gasteiger partial charge in [0.15, 0.2) is 12.6 Å². The van der Waals surface area contributed by atoms with Crippen LogP contribution in [-0.4, -0.2) is 63.2 Å². The molecule has 48 heavy (non-hydrogen) atoms. The average Bonchev–Trinajstić information content (AvgIpc) is 4.03. The van der Waals surface area contributed by atoms with Gasteiger partial charge in [-0.15, -0.1) is 0 Å². The highest BCUT2D eigenvalue weighted by Crippen LogP contribution is 2.47. The Morgan fingerprint density at radius 2 is 1.00 bits per heavy atom. The highest BCUT2D eigenvalue weighted by atomic mass is 16.7. The fourth-order valence-corrected chi connectivity index (χ4v) is 5.52. The molecule has 2 saturated heterocycles. The van der Waals surface area contributed by atoms with Gasteiger partial charge in [0.1, 0.15) is 35.2 Å². The molecule has 1 aliphatic carbocycles. The zero-order chi connectivity index (χ0) is 33.2. The van der Waals surface area contributed by atoms with Crippen LogP contribution in [0.1, 0.15) is 58.5 Å². The second-order valence-corrected chi connectivity index (χ2v) is 12.0. The van der Waals surface area contributed by atoms with Crippen molar-refractivity contribution in [3.05, 3.63) is 107 Å². The summed E-state index contributed by atoms with van der Waals surface area (Å²) in [7, 11) is 0. The zero-order valence-electron chi connectivity index (χ0n) is 26.9. The quantitative estimate of drug-likeness (QED) is 0.0644. The van der Waals surface area contributed by atoms with E-state index in [0.29, 0.717) is 47.3 Å². The Morgan fingerprint density at radius 1 is 0.625 bits per heavy atom. The molecule has 7 rings (SSSR count). The van der Waals surface area contributed by atoms with Gasteiger partial charge in [-0.05, 0) is 109 Å². The van der Waals surface area contributed by atoms with E-state index in [-0.39, 0.29) is 18.1 Å². The lowest BCUT2D eigenvalue weighted by molar-refractivity contribution is -0.0711. The molecule has 0 spiro atoms. The molecule has 248 valence electrons. The van der Waals surface area contributed by atoms with Crippen LogP contribution in [0.15, 0.2) is 84.9 Å². The van der Waals surface area contributed by atoms with Crippen molar-refractivity contribution in [2.75, 3.05) is 26.4 Å². The molecular formula is C38H36O10. The van der Waals surface area contributed by atoms with E-state index in [0.717, 1.165) is 35.5 Å². The van der Waals surface area contributed by atoms with Crippen LogP contribution in [0.25, 0.3) is 11.1 Å². The Hall–Kier alpha value is -4.74. The third kappa shape index (κ3) is 7.69. The fourth-order valence-electron chi connectivity index (χ4n) is 5.52. The van der Waals surface area contributed by atoms with Crippen LogP contribution in [0.2, 0.25) is 0 Å². The van der Waals surface area contributed by atoms with Gasteiger partial charge in [-0.2, -0.15) is 0 Å². The van der Waals surface area contributed by atoms with Crippen molar-refractivity contribution in [1.29, 1.82) is 0 Å². The predicted octanol–water partition coefficient (Wildman–Crippen LogP) is 6.54. The summed E-state index contributed by atoms with van der Waals surface area (Å²) in [6.45, 7) is 8.12. The summed E-state index contributed by atoms with van der Waals surface area (Å²) in [4.78, 5) is 25.9. The van der Waals surface area contributed by atoms with Crippen LogP contribution < -0.4 is 18.9 Å². The molecule has 0 N–H and O–H groups in total. The van der Waals surface area contributed by atoms with Crippen molar-refractivity contribution in [2.45, 2.75) is 51.5 Å². The van der Waals surface area contributed by atoms with E-state index in [2.05, 4.69) is 6.92 Å². The number of hydrogen-bond acceptors (Lipinski definition) is 10. The summed E-state index contributed by atoms with van der Waals surface area (Å²) in [5, 5.41) is 0. The van der Waals surface area contributed by atoms with E-state index in [9.17, 15) is 9.59 Å². The summed E-state index contributed by atoms with van der Waals surface area (Å²) in [5.41, 5.74) is 4.92. The molecule has 0 amide bonds. The Balaban J connectivity index is 0.943. The van der Waals surface area contributed by atoms with Gasteiger partial charge in [0, 0.05) is 5.92 Å². The molecule has 4 aromatic carbocycles. The largest absolute Gasteiger partial charge is 0.465 e. The van der Waals surface area contributed by atoms with Crippen molar-refractivity contribution >= 4 is 11.9 Å². The minimum atomic E-state index is -0.472. The molecule has 4 aromatic rings. The smallest absolute Gasteiger partial charge is 0.343 e. The molecule has 2 aliphatic heterocycles. The van der Waals surface area contributed by atoms with Crippen LogP contribution in [0.5, 0.6) is 23.0 Å². The summed E-state index contributed by atoms with van der Waals surface area (Å²) < 4.78 is 44.4. The number of epoxide rings is 2. The van der Waals surface area contributed by atoms with E-state index < -0.39 is 24.5 Å². The number of hydrogen-bond donors (Lipinski definition) is 0. The SMILES string of the molecule is CC(OCC1CO1)Oc1ccc(C(=O)Oc2ccc3c(c2)C(C)c2cc(OC(=O)c4ccc(OC(C)OCC5CO5)cc4)ccc2-3)cc1. The van der Waals surface area contributed by atoms with E-state index in [1.807, 2.05) is 38.1 Å². The highest BCUT2D eigenvalue weighted by molar-refractivity contribution is 5.92. The van der Waals surface area contributed by atoms with E-state index in [1.165, 1.54) is 0 Å². The van der Waals surface area contributed by atoms with Crippen molar-refractivity contribution < 1.29 is 47.5 Å². The number of carbonyl (C=O) groups is 2. The van der Waals surface area contributed by atoms with E-state index >= 15 is 0 Å². The molecule has 0 saturated carbocycles. The van der Waals surface area contributed by atoms with Gasteiger partial charge in [0.25, 0.3) is 0 Å². The molecule has 3 aliphatic rings. The maximum Gasteiger partial charge on any atom is 0.343 e. The van der Waals surface area contributed by atoms with E-state index in [4.69, 9.17) is 37.9 Å². The second-order valence-electron chi connectivity index (χ2n) is 12.0. The Morgan fingerprint density at radius 3 is 1.38 bits per heavy atom. The number of ether oxygens (including phenoxy) is 8. The monoisotopic (exact) mass is 652 g/mol. The first-order chi connectivity index (χ1) is 23.3. The maximum absolute atomic E-state index is 12.9. The fraction of sp³-hybridized carbons (Fsp3) is 0.316. The van der Waals surface area contributed by atoms with Gasteiger partial charge >= 0.3 is 11.9 Å². The van der Waals surface area contributed by atoms with Crippen molar-refractivity contribution in [2.24, 2.45) is 0 Å². The zero-order valence-corrected chi connectivity index (χ0v) is 26.9. The third-order valence-electron chi connectivity index (χ3n) is 8.31. The van der Waals surface area contributed by atoms with Crippen molar-refractivity contribution in [3.8, 4) is 34.1 Å². The van der Waals surface area contributed by atoms with Crippen molar-refractivity contribution in [3.63, 3.8) is 0 Å². The summed E-state index contributed by atoms with van der Waals surface area (Å²) in [6.07, 6.45) is -0.556. The molecular weight excluding hydrogens is 616 g/mol. The summed E-state index contributed by atoms with van der Waals surface area (Å²) in [6, 6.07) is 24.7. The lowest BCUT2D eigenvalue weighted by Crippen LogP contribution is -2.19. The maximum atomic E-state index is 12.9. The number of carbonyl (C=O) groups excluding carboxylic acids is 2. The minimum Gasteiger partial charge on any atom is -0.465 e. The Kier molecular flexibility index (Phi) is 9.14. The first kappa shape index (κ1) is 31.8. The molecule has 10 heteroatoms. The first-order valence-electron chi connectivity index (χ1n) is 16.0. The molecule has 0 radical (unpaired) electrons. The summed E-state index contributed by atoms with van der Waals surface area (Å²) in [5.74, 6) is 1.11. The predicted molar refractivity (Wildman–Crippen MR) is 174 cm³/mol. The second kappa shape index (κ2) is 13.8. The number of benzene rings is 4. The number of fused-ring (bicyclic) bond motifs is 3. The molecule has 2 heterocycles. The molecule has 0 aromatic heterocycles. The third-order valence-corrected chi connectivity index (χ3v) is 8.31. The van der Waals surface area contributed by atoms with Crippen LogP contribution in [0.3, 0.4) is 0 Å². The van der Waals surface area contributed by atoms with Gasteiger partial charge in [0.05, 0.1) is 37.6 Å². The normalized spacial score (nSPS) is 19.8. The lowest BCUT2D eigenvalue weighted by atomic mass is 9.99. The first-order valence-corrected chi connectivity index (χ1v) is 16.0. The highest BCUT2D eigenvalue weighted by Gasteiger charge is 2.28. The van der Waals surface area contributed by atoms with Crippen molar-refractivity contribution in [1.82, 2.24) is 0 Å². The molecule has 0 bridgehead atoms. The molecule has 4 unspecified atom stereocenters. The van der Waals surface area contributed by atoms with Gasteiger partial charge in [-0.3, -0.25) is 0 Å². The van der Waals surface area contributed by atoms with Gasteiger partial charge < -0.3 is 37.9 Å². The van der Waals surface area contributed by atoms with Crippen LogP contribution >= 0.6 is 0 Å². The molecule has 4 atom stereocenters. The molecule has 10 nitrogen and oxygen atoms in total. The topological polar surface area (TPSA) is 115 Å².